The lowest BCUT2D eigenvalue weighted by molar-refractivity contribution is -0.118. The smallest absolute Gasteiger partial charge is 0.407 e. The summed E-state index contributed by atoms with van der Waals surface area (Å²) in [5, 5.41) is 5.84. The van der Waals surface area contributed by atoms with Gasteiger partial charge in [-0.25, -0.2) is 4.79 Å². The topological polar surface area (TPSA) is 76.7 Å². The number of carbonyl (C=O) groups excluding carboxylic acids is 2. The van der Waals surface area contributed by atoms with E-state index < -0.39 is 17.2 Å². The van der Waals surface area contributed by atoms with E-state index >= 15 is 0 Å². The number of hydrogen-bond acceptors (Lipinski definition) is 4. The molecule has 1 saturated carbocycles. The number of rotatable bonds is 8. The molecule has 2 amide bonds. The fourth-order valence-electron chi connectivity index (χ4n) is 2.92. The van der Waals surface area contributed by atoms with Gasteiger partial charge < -0.3 is 20.1 Å². The van der Waals surface area contributed by atoms with Gasteiger partial charge in [-0.3, -0.25) is 4.79 Å². The second-order valence-electron chi connectivity index (χ2n) is 8.37. The Morgan fingerprint density at radius 1 is 1.14 bits per heavy atom. The number of ether oxygens (including phenoxy) is 2. The number of alkyl carbamates (subject to hydrolysis) is 1. The summed E-state index contributed by atoms with van der Waals surface area (Å²) in [6.45, 7) is 10.3. The summed E-state index contributed by atoms with van der Waals surface area (Å²) in [5.41, 5.74) is -0.139. The SMILES string of the molecule is CCOc1ccc(/C=C/C(=O)NC(C)(CNC(=O)OC(C)(C)C)C2CC2)cc1. The fourth-order valence-corrected chi connectivity index (χ4v) is 2.92. The second kappa shape index (κ2) is 9.13. The van der Waals surface area contributed by atoms with Crippen molar-refractivity contribution in [3.63, 3.8) is 0 Å². The van der Waals surface area contributed by atoms with Gasteiger partial charge in [-0.1, -0.05) is 12.1 Å². The third kappa shape index (κ3) is 7.25. The molecule has 0 saturated heterocycles. The highest BCUT2D eigenvalue weighted by molar-refractivity contribution is 5.92. The zero-order valence-electron chi connectivity index (χ0n) is 17.5. The van der Waals surface area contributed by atoms with E-state index in [-0.39, 0.29) is 5.91 Å². The van der Waals surface area contributed by atoms with E-state index in [1.165, 1.54) is 6.08 Å². The molecule has 1 atom stereocenters. The highest BCUT2D eigenvalue weighted by Crippen LogP contribution is 2.39. The van der Waals surface area contributed by atoms with Gasteiger partial charge in [-0.05, 0) is 77.2 Å². The van der Waals surface area contributed by atoms with Crippen molar-refractivity contribution >= 4 is 18.1 Å². The third-order valence-corrected chi connectivity index (χ3v) is 4.50. The van der Waals surface area contributed by atoms with Crippen LogP contribution in [0.1, 0.15) is 53.0 Å². The van der Waals surface area contributed by atoms with Gasteiger partial charge in [-0.2, -0.15) is 0 Å². The predicted molar refractivity (Wildman–Crippen MR) is 110 cm³/mol. The molecule has 154 valence electrons. The number of amides is 2. The van der Waals surface area contributed by atoms with Gasteiger partial charge in [-0.15, -0.1) is 0 Å². The summed E-state index contributed by atoms with van der Waals surface area (Å²) in [4.78, 5) is 24.4. The summed E-state index contributed by atoms with van der Waals surface area (Å²) in [7, 11) is 0. The Balaban J connectivity index is 1.91. The molecule has 0 bridgehead atoms. The minimum atomic E-state index is -0.552. The van der Waals surface area contributed by atoms with Crippen LogP contribution in [0.5, 0.6) is 5.75 Å². The van der Waals surface area contributed by atoms with E-state index in [1.54, 1.807) is 6.08 Å². The number of hydrogen-bond donors (Lipinski definition) is 2. The number of nitrogens with one attached hydrogen (secondary N) is 2. The Morgan fingerprint density at radius 3 is 2.32 bits per heavy atom. The molecule has 1 unspecified atom stereocenters. The summed E-state index contributed by atoms with van der Waals surface area (Å²) in [6, 6.07) is 7.55. The van der Waals surface area contributed by atoms with Crippen molar-refractivity contribution in [3.05, 3.63) is 35.9 Å². The minimum absolute atomic E-state index is 0.186. The monoisotopic (exact) mass is 388 g/mol. The van der Waals surface area contributed by atoms with Gasteiger partial charge in [0.15, 0.2) is 0 Å². The van der Waals surface area contributed by atoms with E-state index in [2.05, 4.69) is 10.6 Å². The Kier molecular flexibility index (Phi) is 7.11. The van der Waals surface area contributed by atoms with Gasteiger partial charge >= 0.3 is 6.09 Å². The zero-order chi connectivity index (χ0) is 20.8. The molecule has 2 rings (SSSR count). The fraction of sp³-hybridized carbons (Fsp3) is 0.545. The van der Waals surface area contributed by atoms with Crippen LogP contribution in [-0.2, 0) is 9.53 Å². The second-order valence-corrected chi connectivity index (χ2v) is 8.37. The average Bonchev–Trinajstić information content (AvgIpc) is 3.44. The van der Waals surface area contributed by atoms with Crippen LogP contribution < -0.4 is 15.4 Å². The first-order chi connectivity index (χ1) is 13.1. The third-order valence-electron chi connectivity index (χ3n) is 4.50. The summed E-state index contributed by atoms with van der Waals surface area (Å²) < 4.78 is 10.7. The molecule has 28 heavy (non-hydrogen) atoms. The van der Waals surface area contributed by atoms with Gasteiger partial charge in [0.05, 0.1) is 12.1 Å². The van der Waals surface area contributed by atoms with E-state index in [1.807, 2.05) is 58.9 Å². The molecule has 0 aliphatic heterocycles. The molecule has 1 aromatic carbocycles. The zero-order valence-corrected chi connectivity index (χ0v) is 17.5. The van der Waals surface area contributed by atoms with Crippen LogP contribution in [0.15, 0.2) is 30.3 Å². The standard InChI is InChI=1S/C22H32N2O4/c1-6-27-18-12-7-16(8-13-18)9-14-19(25)24-22(5,17-10-11-17)15-23-20(26)28-21(2,3)4/h7-9,12-14,17H,6,10-11,15H2,1-5H3,(H,23,26)(H,24,25)/b14-9+. The van der Waals surface area contributed by atoms with E-state index in [0.717, 1.165) is 24.2 Å². The van der Waals surface area contributed by atoms with Crippen molar-refractivity contribution in [3.8, 4) is 5.75 Å². The van der Waals surface area contributed by atoms with Crippen LogP contribution >= 0.6 is 0 Å². The molecule has 2 N–H and O–H groups in total. The average molecular weight is 389 g/mol. The van der Waals surface area contributed by atoms with Gasteiger partial charge in [0.25, 0.3) is 0 Å². The van der Waals surface area contributed by atoms with E-state index in [0.29, 0.717) is 19.1 Å². The minimum Gasteiger partial charge on any atom is -0.494 e. The van der Waals surface area contributed by atoms with Crippen LogP contribution in [0.2, 0.25) is 0 Å². The highest BCUT2D eigenvalue weighted by Gasteiger charge is 2.42. The molecule has 1 aromatic rings. The maximum atomic E-state index is 12.4. The molecule has 1 fully saturated rings. The first-order valence-corrected chi connectivity index (χ1v) is 9.81. The lowest BCUT2D eigenvalue weighted by atomic mass is 9.95. The largest absolute Gasteiger partial charge is 0.494 e. The first-order valence-electron chi connectivity index (χ1n) is 9.81. The van der Waals surface area contributed by atoms with Crippen molar-refractivity contribution < 1.29 is 19.1 Å². The predicted octanol–water partition coefficient (Wildman–Crippen LogP) is 3.91. The summed E-state index contributed by atoms with van der Waals surface area (Å²) in [6.07, 6.45) is 4.88. The molecule has 6 heteroatoms. The molecule has 1 aliphatic rings. The van der Waals surface area contributed by atoms with Gasteiger partial charge in [0.2, 0.25) is 5.91 Å². The lowest BCUT2D eigenvalue weighted by Crippen LogP contribution is -2.55. The quantitative estimate of drug-likeness (QED) is 0.662. The summed E-state index contributed by atoms with van der Waals surface area (Å²) >= 11 is 0. The molecule has 0 radical (unpaired) electrons. The van der Waals surface area contributed by atoms with Crippen LogP contribution in [0.3, 0.4) is 0 Å². The summed E-state index contributed by atoms with van der Waals surface area (Å²) in [5.74, 6) is 0.971. The van der Waals surface area contributed by atoms with Gasteiger partial charge in [0, 0.05) is 12.6 Å². The van der Waals surface area contributed by atoms with Crippen molar-refractivity contribution in [1.82, 2.24) is 10.6 Å². The lowest BCUT2D eigenvalue weighted by Gasteiger charge is -2.31. The Bertz CT molecular complexity index is 702. The van der Waals surface area contributed by atoms with Crippen LogP contribution in [-0.4, -0.2) is 36.3 Å². The molecule has 0 spiro atoms. The van der Waals surface area contributed by atoms with E-state index in [9.17, 15) is 9.59 Å². The Morgan fingerprint density at radius 2 is 1.79 bits per heavy atom. The molecular formula is C22H32N2O4. The number of carbonyl (C=O) groups is 2. The van der Waals surface area contributed by atoms with Gasteiger partial charge in [0.1, 0.15) is 11.4 Å². The van der Waals surface area contributed by atoms with E-state index in [4.69, 9.17) is 9.47 Å². The Labute approximate surface area is 167 Å². The van der Waals surface area contributed by atoms with Crippen molar-refractivity contribution in [2.45, 2.75) is 58.6 Å². The molecular weight excluding hydrogens is 356 g/mol. The van der Waals surface area contributed by atoms with Crippen LogP contribution in [0.25, 0.3) is 6.08 Å². The maximum absolute atomic E-state index is 12.4. The molecule has 6 nitrogen and oxygen atoms in total. The van der Waals surface area contributed by atoms with Crippen LogP contribution in [0, 0.1) is 5.92 Å². The molecule has 0 heterocycles. The normalized spacial score (nSPS) is 16.3. The van der Waals surface area contributed by atoms with Crippen molar-refractivity contribution in [2.75, 3.05) is 13.2 Å². The number of benzene rings is 1. The maximum Gasteiger partial charge on any atom is 0.407 e. The molecule has 0 aromatic heterocycles. The Hall–Kier alpha value is -2.50. The first kappa shape index (κ1) is 21.8. The van der Waals surface area contributed by atoms with Crippen molar-refractivity contribution in [2.24, 2.45) is 5.92 Å². The van der Waals surface area contributed by atoms with Crippen molar-refractivity contribution in [1.29, 1.82) is 0 Å². The van der Waals surface area contributed by atoms with Crippen LogP contribution in [0.4, 0.5) is 4.79 Å². The highest BCUT2D eigenvalue weighted by atomic mass is 16.6. The molecule has 1 aliphatic carbocycles.